The molecule has 3 rings (SSSR count). The van der Waals surface area contributed by atoms with E-state index < -0.39 is 0 Å². The molecule has 1 aromatic heterocycles. The van der Waals surface area contributed by atoms with Crippen molar-refractivity contribution in [2.75, 3.05) is 37.0 Å². The minimum Gasteiger partial charge on any atom is -0.476 e. The molecule has 8 nitrogen and oxygen atoms in total. The number of rotatable bonds is 2. The van der Waals surface area contributed by atoms with Gasteiger partial charge in [-0.2, -0.15) is 4.98 Å². The molecule has 3 heterocycles. The van der Waals surface area contributed by atoms with E-state index in [0.29, 0.717) is 48.9 Å². The van der Waals surface area contributed by atoms with Gasteiger partial charge in [0, 0.05) is 12.2 Å². The highest BCUT2D eigenvalue weighted by atomic mass is 35.5. The monoisotopic (exact) mass is 338 g/mol. The van der Waals surface area contributed by atoms with Crippen LogP contribution >= 0.6 is 11.6 Å². The summed E-state index contributed by atoms with van der Waals surface area (Å²) in [4.78, 5) is 8.51. The van der Waals surface area contributed by atoms with Crippen LogP contribution in [-0.4, -0.2) is 48.3 Å². The molecule has 0 amide bonds. The van der Waals surface area contributed by atoms with Crippen LogP contribution in [0, 0.1) is 5.41 Å². The molecule has 1 saturated heterocycles. The Morgan fingerprint density at radius 1 is 1.48 bits per heavy atom. The summed E-state index contributed by atoms with van der Waals surface area (Å²) in [5.41, 5.74) is 1.29. The number of aromatic nitrogens is 2. The van der Waals surface area contributed by atoms with Crippen LogP contribution in [0.15, 0.2) is 17.6 Å². The van der Waals surface area contributed by atoms with Crippen molar-refractivity contribution in [3.63, 3.8) is 0 Å². The Morgan fingerprint density at radius 3 is 3.04 bits per heavy atom. The topological polar surface area (TPSA) is 104 Å². The van der Waals surface area contributed by atoms with Crippen molar-refractivity contribution in [2.24, 2.45) is 0 Å². The normalized spacial score (nSPS) is 21.0. The summed E-state index contributed by atoms with van der Waals surface area (Å²) < 4.78 is 10.7. The van der Waals surface area contributed by atoms with E-state index in [1.165, 1.54) is 6.20 Å². The van der Waals surface area contributed by atoms with Gasteiger partial charge in [0.1, 0.15) is 10.7 Å². The predicted octanol–water partition coefficient (Wildman–Crippen LogP) is 1.57. The van der Waals surface area contributed by atoms with E-state index in [0.717, 1.165) is 12.1 Å². The van der Waals surface area contributed by atoms with E-state index in [-0.39, 0.29) is 11.9 Å². The third-order valence-electron chi connectivity index (χ3n) is 3.50. The smallest absolute Gasteiger partial charge is 0.232 e. The molecule has 2 aliphatic rings. The number of hydrogen-bond acceptors (Lipinski definition) is 8. The second-order valence-electron chi connectivity index (χ2n) is 5.35. The van der Waals surface area contributed by atoms with Crippen LogP contribution in [-0.2, 0) is 9.47 Å². The number of nitrogens with zero attached hydrogens (tertiary/aromatic N) is 2. The fourth-order valence-corrected chi connectivity index (χ4v) is 2.36. The largest absolute Gasteiger partial charge is 0.476 e. The summed E-state index contributed by atoms with van der Waals surface area (Å²) in [6.45, 7) is 4.28. The first kappa shape index (κ1) is 15.8. The lowest BCUT2D eigenvalue weighted by Crippen LogP contribution is -2.45. The molecule has 1 fully saturated rings. The van der Waals surface area contributed by atoms with Crippen molar-refractivity contribution in [3.05, 3.63) is 22.6 Å². The summed E-state index contributed by atoms with van der Waals surface area (Å²) in [6, 6.07) is 0.249. The average molecular weight is 339 g/mol. The molecule has 23 heavy (non-hydrogen) atoms. The van der Waals surface area contributed by atoms with Gasteiger partial charge in [-0.05, 0) is 13.3 Å². The van der Waals surface area contributed by atoms with Gasteiger partial charge >= 0.3 is 0 Å². The summed E-state index contributed by atoms with van der Waals surface area (Å²) in [5.74, 6) is 0.973. The molecule has 9 heteroatoms. The van der Waals surface area contributed by atoms with Crippen molar-refractivity contribution in [1.29, 1.82) is 5.41 Å². The Balaban J connectivity index is 1.88. The maximum absolute atomic E-state index is 8.17. The van der Waals surface area contributed by atoms with E-state index in [9.17, 15) is 0 Å². The quantitative estimate of drug-likeness (QED) is 0.648. The molecule has 0 radical (unpaired) electrons. The molecular weight excluding hydrogens is 320 g/mol. The van der Waals surface area contributed by atoms with Crippen LogP contribution in [0.2, 0.25) is 5.02 Å². The van der Waals surface area contributed by atoms with Gasteiger partial charge in [-0.1, -0.05) is 11.6 Å². The molecule has 0 aromatic carbocycles. The summed E-state index contributed by atoms with van der Waals surface area (Å²) in [6.07, 6.45) is 2.26. The Labute approximate surface area is 139 Å². The molecule has 0 unspecified atom stereocenters. The van der Waals surface area contributed by atoms with Crippen molar-refractivity contribution in [1.82, 2.24) is 15.3 Å². The molecule has 0 saturated carbocycles. The zero-order valence-corrected chi connectivity index (χ0v) is 13.5. The number of fused-ring (bicyclic) bond motifs is 2. The number of hydrogen-bond donors (Lipinski definition) is 4. The molecule has 124 valence electrons. The van der Waals surface area contributed by atoms with Crippen LogP contribution in [0.25, 0.3) is 0 Å². The van der Waals surface area contributed by atoms with Crippen LogP contribution in [0.5, 0.6) is 0 Å². The van der Waals surface area contributed by atoms with Gasteiger partial charge in [-0.15, -0.1) is 0 Å². The summed E-state index contributed by atoms with van der Waals surface area (Å²) in [5, 5.41) is 18.1. The molecule has 1 aromatic rings. The second-order valence-corrected chi connectivity index (χ2v) is 5.76. The highest BCUT2D eigenvalue weighted by Crippen LogP contribution is 2.21. The van der Waals surface area contributed by atoms with Gasteiger partial charge in [-0.3, -0.25) is 5.41 Å². The van der Waals surface area contributed by atoms with Gasteiger partial charge in [0.2, 0.25) is 11.8 Å². The summed E-state index contributed by atoms with van der Waals surface area (Å²) in [7, 11) is 0. The zero-order chi connectivity index (χ0) is 16.2. The van der Waals surface area contributed by atoms with E-state index in [1.807, 2.05) is 6.92 Å². The predicted molar refractivity (Wildman–Crippen MR) is 87.9 cm³/mol. The standard InChI is InChI=1S/C14H19ClN6O2/c1-8(19-9-6-22-7-9)11-12(16)23-4-2-3-17-13-10(15)5-18-14(20-11)21-13/h5,9,16,19H,2-4,6-7H2,1H3,(H2,17,18,20,21)/b11-8+,16-12?. The van der Waals surface area contributed by atoms with E-state index in [1.54, 1.807) is 0 Å². The maximum Gasteiger partial charge on any atom is 0.232 e. The molecule has 2 aliphatic heterocycles. The number of ether oxygens (including phenoxy) is 2. The lowest BCUT2D eigenvalue weighted by molar-refractivity contribution is -0.000816. The van der Waals surface area contributed by atoms with Crippen LogP contribution in [0.4, 0.5) is 11.8 Å². The van der Waals surface area contributed by atoms with E-state index in [2.05, 4.69) is 25.9 Å². The van der Waals surface area contributed by atoms with Gasteiger partial charge in [0.15, 0.2) is 5.82 Å². The fourth-order valence-electron chi connectivity index (χ4n) is 2.21. The van der Waals surface area contributed by atoms with Crippen molar-refractivity contribution in [3.8, 4) is 0 Å². The van der Waals surface area contributed by atoms with Gasteiger partial charge in [0.25, 0.3) is 0 Å². The minimum atomic E-state index is 0.0530. The first-order valence-electron chi connectivity index (χ1n) is 7.44. The highest BCUT2D eigenvalue weighted by molar-refractivity contribution is 6.32. The Morgan fingerprint density at radius 2 is 2.30 bits per heavy atom. The fraction of sp³-hybridized carbons (Fsp3) is 0.500. The SMILES string of the molecule is C/C(NC1COC1)=C1\Nc2ncc(Cl)c(n2)NCCCOC1=N. The van der Waals surface area contributed by atoms with Crippen LogP contribution in [0.3, 0.4) is 0 Å². The molecular formula is C14H19ClN6O2. The Bertz CT molecular complexity index is 632. The second kappa shape index (κ2) is 7.01. The molecule has 4 N–H and O–H groups in total. The van der Waals surface area contributed by atoms with Gasteiger partial charge in [0.05, 0.1) is 32.1 Å². The lowest BCUT2D eigenvalue weighted by atomic mass is 10.2. The van der Waals surface area contributed by atoms with E-state index in [4.69, 9.17) is 26.5 Å². The van der Waals surface area contributed by atoms with Crippen molar-refractivity contribution < 1.29 is 9.47 Å². The minimum absolute atomic E-state index is 0.0530. The van der Waals surface area contributed by atoms with Crippen molar-refractivity contribution in [2.45, 2.75) is 19.4 Å². The van der Waals surface area contributed by atoms with Crippen LogP contribution in [0.1, 0.15) is 13.3 Å². The highest BCUT2D eigenvalue weighted by Gasteiger charge is 2.21. The molecule has 0 atom stereocenters. The number of allylic oxidation sites excluding steroid dienone is 1. The maximum atomic E-state index is 8.17. The van der Waals surface area contributed by atoms with Crippen molar-refractivity contribution >= 4 is 29.3 Å². The number of halogens is 1. The van der Waals surface area contributed by atoms with Gasteiger partial charge < -0.3 is 25.4 Å². The third-order valence-corrected chi connectivity index (χ3v) is 3.78. The molecule has 2 bridgehead atoms. The zero-order valence-electron chi connectivity index (χ0n) is 12.8. The van der Waals surface area contributed by atoms with Gasteiger partial charge in [-0.25, -0.2) is 4.98 Å². The number of anilines is 2. The Kier molecular flexibility index (Phi) is 4.82. The van der Waals surface area contributed by atoms with E-state index >= 15 is 0 Å². The average Bonchev–Trinajstić information content (AvgIpc) is 2.52. The third kappa shape index (κ3) is 3.83. The molecule has 0 aliphatic carbocycles. The first-order chi connectivity index (χ1) is 11.1. The number of nitrogens with one attached hydrogen (secondary N) is 4. The molecule has 0 spiro atoms. The lowest BCUT2D eigenvalue weighted by Gasteiger charge is -2.29. The van der Waals surface area contributed by atoms with Crippen LogP contribution < -0.4 is 16.0 Å². The first-order valence-corrected chi connectivity index (χ1v) is 7.81. The Hall–Kier alpha value is -2.06. The summed E-state index contributed by atoms with van der Waals surface area (Å²) >= 11 is 6.09.